The van der Waals surface area contributed by atoms with Gasteiger partial charge in [-0.05, 0) is 0 Å². The Bertz CT molecular complexity index is 419. The van der Waals surface area contributed by atoms with Gasteiger partial charge >= 0.3 is 31.6 Å². The Hall–Kier alpha value is -0.0426. The SMILES string of the molecule is O=S(=O)([N-]S(=O)(=O)OC(F)(F)F)OC(F)(F)F.[Li+]. The number of hydrogen-bond donors (Lipinski definition) is 0. The van der Waals surface area contributed by atoms with Gasteiger partial charge in [0, 0.05) is 0 Å². The molecule has 0 fully saturated rings. The van der Waals surface area contributed by atoms with E-state index in [2.05, 4.69) is 8.37 Å². The minimum absolute atomic E-state index is 0. The fraction of sp³-hybridized carbons (Fsp3) is 1.00. The summed E-state index contributed by atoms with van der Waals surface area (Å²) >= 11 is 0. The minimum atomic E-state index is -6.18. The first-order valence-corrected chi connectivity index (χ1v) is 5.64. The largest absolute Gasteiger partial charge is 1.00 e. The van der Waals surface area contributed by atoms with Crippen LogP contribution in [0.2, 0.25) is 0 Å². The third kappa shape index (κ3) is 11.1. The molecule has 104 valence electrons. The van der Waals surface area contributed by atoms with E-state index in [9.17, 15) is 43.2 Å². The van der Waals surface area contributed by atoms with E-state index < -0.39 is 33.3 Å². The van der Waals surface area contributed by atoms with Crippen LogP contribution in [0.3, 0.4) is 0 Å². The Labute approximate surface area is 108 Å². The second-order valence-corrected chi connectivity index (χ2v) is 4.63. The van der Waals surface area contributed by atoms with Crippen molar-refractivity contribution in [2.75, 3.05) is 0 Å². The van der Waals surface area contributed by atoms with Gasteiger partial charge in [0.15, 0.2) is 0 Å². The van der Waals surface area contributed by atoms with Gasteiger partial charge in [0.2, 0.25) is 20.6 Å². The summed E-state index contributed by atoms with van der Waals surface area (Å²) < 4.78 is 114. The van der Waals surface area contributed by atoms with Crippen LogP contribution in [0.1, 0.15) is 0 Å². The Balaban J connectivity index is 0. The molecule has 0 aromatic rings. The monoisotopic (exact) mass is 319 g/mol. The maximum Gasteiger partial charge on any atom is 1.00 e. The Morgan fingerprint density at radius 1 is 0.722 bits per heavy atom. The van der Waals surface area contributed by atoms with Gasteiger partial charge in [-0.2, -0.15) is 8.37 Å². The van der Waals surface area contributed by atoms with E-state index in [-0.39, 0.29) is 18.9 Å². The van der Waals surface area contributed by atoms with Gasteiger partial charge in [0.25, 0.3) is 0 Å². The molecule has 0 radical (unpaired) electrons. The number of rotatable bonds is 4. The van der Waals surface area contributed by atoms with Gasteiger partial charge in [-0.1, -0.05) is 0 Å². The summed E-state index contributed by atoms with van der Waals surface area (Å²) in [6, 6.07) is 0. The zero-order valence-corrected chi connectivity index (χ0v) is 9.61. The van der Waals surface area contributed by atoms with Gasteiger partial charge < -0.3 is 4.13 Å². The molecule has 7 nitrogen and oxygen atoms in total. The van der Waals surface area contributed by atoms with Crippen molar-refractivity contribution in [3.63, 3.8) is 0 Å². The minimum Gasteiger partial charge on any atom is -0.387 e. The second kappa shape index (κ2) is 5.94. The Kier molecular flexibility index (Phi) is 6.69. The molecular weight excluding hydrogens is 319 g/mol. The quantitative estimate of drug-likeness (QED) is 0.436. The fourth-order valence-corrected chi connectivity index (χ4v) is 2.00. The molecule has 0 aliphatic rings. The van der Waals surface area contributed by atoms with Crippen molar-refractivity contribution in [1.82, 2.24) is 0 Å². The van der Waals surface area contributed by atoms with E-state index in [1.807, 2.05) is 0 Å². The van der Waals surface area contributed by atoms with Crippen molar-refractivity contribution < 1.29 is 70.4 Å². The number of nitrogens with zero attached hydrogens (tertiary/aromatic N) is 1. The predicted octanol–water partition coefficient (Wildman–Crippen LogP) is -2.07. The number of alkyl halides is 6. The van der Waals surface area contributed by atoms with Crippen LogP contribution >= 0.6 is 0 Å². The van der Waals surface area contributed by atoms with Gasteiger partial charge in [-0.25, -0.2) is 16.8 Å². The van der Waals surface area contributed by atoms with Crippen LogP contribution in [-0.2, 0) is 29.0 Å². The van der Waals surface area contributed by atoms with Gasteiger partial charge in [0.05, 0.1) is 0 Å². The third-order valence-electron chi connectivity index (χ3n) is 0.582. The molecule has 0 rings (SSSR count). The van der Waals surface area contributed by atoms with E-state index in [0.717, 1.165) is 0 Å². The molecule has 0 aromatic carbocycles. The smallest absolute Gasteiger partial charge is 0.387 e. The summed E-state index contributed by atoms with van der Waals surface area (Å²) in [5.74, 6) is 0. The molecule has 0 saturated heterocycles. The van der Waals surface area contributed by atoms with Crippen molar-refractivity contribution in [2.24, 2.45) is 0 Å². The van der Waals surface area contributed by atoms with Crippen LogP contribution in [0, 0.1) is 0 Å². The zero-order valence-electron chi connectivity index (χ0n) is 7.98. The molecule has 0 unspecified atom stereocenters. The summed E-state index contributed by atoms with van der Waals surface area (Å²) in [7, 11) is -12.4. The van der Waals surface area contributed by atoms with Crippen molar-refractivity contribution >= 4 is 20.6 Å². The molecule has 0 N–H and O–H groups in total. The molecule has 0 aromatic heterocycles. The van der Waals surface area contributed by atoms with E-state index in [4.69, 9.17) is 0 Å². The molecule has 16 heteroatoms. The molecule has 0 aliphatic carbocycles. The summed E-state index contributed by atoms with van der Waals surface area (Å²) in [6.45, 7) is 0. The van der Waals surface area contributed by atoms with Crippen molar-refractivity contribution in [3.05, 3.63) is 4.13 Å². The van der Waals surface area contributed by atoms with Crippen molar-refractivity contribution in [3.8, 4) is 0 Å². The average Bonchev–Trinajstić information content (AvgIpc) is 1.65. The zero-order chi connectivity index (χ0) is 14.1. The fourth-order valence-electron chi connectivity index (χ4n) is 0.381. The Morgan fingerprint density at radius 2 is 0.944 bits per heavy atom. The van der Waals surface area contributed by atoms with Crippen molar-refractivity contribution in [2.45, 2.75) is 12.7 Å². The molecule has 0 bridgehead atoms. The van der Waals surface area contributed by atoms with Crippen LogP contribution in [0.15, 0.2) is 0 Å². The van der Waals surface area contributed by atoms with Crippen molar-refractivity contribution in [1.29, 1.82) is 0 Å². The maximum atomic E-state index is 11.3. The molecule has 0 amide bonds. The van der Waals surface area contributed by atoms with Gasteiger partial charge in [-0.15, -0.1) is 26.3 Å². The van der Waals surface area contributed by atoms with E-state index in [1.54, 1.807) is 0 Å². The van der Waals surface area contributed by atoms with Crippen LogP contribution in [-0.4, -0.2) is 29.6 Å². The van der Waals surface area contributed by atoms with Crippen LogP contribution in [0.5, 0.6) is 0 Å². The standard InChI is InChI=1S/C2F6NO6S2.Li/c3-1(4,5)14-16(10,11)9-17(12,13)15-2(6,7)8;/q-1;+1. The topological polar surface area (TPSA) is 101 Å². The predicted molar refractivity (Wildman–Crippen MR) is 35.5 cm³/mol. The number of halogens is 6. The van der Waals surface area contributed by atoms with Crippen LogP contribution in [0.25, 0.3) is 4.13 Å². The summed E-state index contributed by atoms with van der Waals surface area (Å²) in [6.07, 6.45) is -11.7. The van der Waals surface area contributed by atoms with Gasteiger partial charge in [0.1, 0.15) is 0 Å². The van der Waals surface area contributed by atoms with E-state index in [1.165, 1.54) is 4.13 Å². The summed E-state index contributed by atoms with van der Waals surface area (Å²) in [5.41, 5.74) is 0. The first-order chi connectivity index (χ1) is 7.12. The first-order valence-electron chi connectivity index (χ1n) is 2.91. The third-order valence-corrected chi connectivity index (χ3v) is 2.84. The van der Waals surface area contributed by atoms with Gasteiger partial charge in [-0.3, -0.25) is 0 Å². The molecule has 0 aliphatic heterocycles. The summed E-state index contributed by atoms with van der Waals surface area (Å²) in [4.78, 5) is 0. The molecule has 0 atom stereocenters. The molecule has 0 heterocycles. The molecule has 0 saturated carbocycles. The average molecular weight is 319 g/mol. The molecule has 18 heavy (non-hydrogen) atoms. The van der Waals surface area contributed by atoms with Crippen LogP contribution in [0.4, 0.5) is 26.3 Å². The Morgan fingerprint density at radius 3 is 1.11 bits per heavy atom. The summed E-state index contributed by atoms with van der Waals surface area (Å²) in [5, 5.41) is 0. The molecule has 0 spiro atoms. The normalized spacial score (nSPS) is 14.1. The molecular formula is C2F6LiNO6S2. The van der Waals surface area contributed by atoms with Crippen LogP contribution < -0.4 is 18.9 Å². The maximum absolute atomic E-state index is 11.3. The first kappa shape index (κ1) is 20.3. The van der Waals surface area contributed by atoms with E-state index >= 15 is 0 Å². The van der Waals surface area contributed by atoms with E-state index in [0.29, 0.717) is 0 Å². The second-order valence-electron chi connectivity index (χ2n) is 1.99. The number of hydrogen-bond acceptors (Lipinski definition) is 6.